The molecule has 1 aliphatic heterocycles. The minimum absolute atomic E-state index is 0. The van der Waals surface area contributed by atoms with Crippen molar-refractivity contribution < 1.29 is 4.74 Å². The fraction of sp³-hybridized carbons (Fsp3) is 0.682. The predicted octanol–water partition coefficient (Wildman–Crippen LogP) is 2.82. The van der Waals surface area contributed by atoms with Crippen LogP contribution in [-0.4, -0.2) is 81.3 Å². The Balaban J connectivity index is 0.00000420. The molecule has 0 saturated carbocycles. The van der Waals surface area contributed by atoms with Gasteiger partial charge in [0.05, 0.1) is 6.54 Å². The van der Waals surface area contributed by atoms with Gasteiger partial charge in [0, 0.05) is 46.3 Å². The average Bonchev–Trinajstić information content (AvgIpc) is 2.68. The summed E-state index contributed by atoms with van der Waals surface area (Å²) in [5.74, 6) is 2.32. The number of aliphatic imine (C=N–C) groups is 1. The number of benzene rings is 1. The second kappa shape index (κ2) is 14.0. The summed E-state index contributed by atoms with van der Waals surface area (Å²) in [6.07, 6.45) is 0.0626. The highest BCUT2D eigenvalue weighted by Gasteiger charge is 2.17. The van der Waals surface area contributed by atoms with E-state index < -0.39 is 0 Å². The summed E-state index contributed by atoms with van der Waals surface area (Å²) in [6.45, 7) is 17.4. The Morgan fingerprint density at radius 1 is 1.10 bits per heavy atom. The molecule has 2 N–H and O–H groups in total. The van der Waals surface area contributed by atoms with E-state index in [4.69, 9.17) is 4.74 Å². The molecule has 6 nitrogen and oxygen atoms in total. The van der Waals surface area contributed by atoms with E-state index in [0.29, 0.717) is 12.5 Å². The number of nitrogens with zero attached hydrogens (tertiary/aromatic N) is 3. The number of guanidine groups is 1. The molecule has 0 spiro atoms. The molecule has 7 heteroatoms. The Morgan fingerprint density at radius 3 is 2.38 bits per heavy atom. The van der Waals surface area contributed by atoms with E-state index >= 15 is 0 Å². The van der Waals surface area contributed by atoms with Crippen LogP contribution in [0, 0.1) is 12.8 Å². The molecule has 1 heterocycles. The number of rotatable bonds is 9. The van der Waals surface area contributed by atoms with Crippen LogP contribution in [0.4, 0.5) is 0 Å². The molecule has 0 radical (unpaired) electrons. The first-order chi connectivity index (χ1) is 13.5. The molecule has 0 aromatic heterocycles. The highest BCUT2D eigenvalue weighted by Crippen LogP contribution is 2.13. The molecule has 2 rings (SSSR count). The van der Waals surface area contributed by atoms with Crippen molar-refractivity contribution in [3.63, 3.8) is 0 Å². The van der Waals surface area contributed by atoms with Crippen LogP contribution < -0.4 is 15.4 Å². The fourth-order valence-electron chi connectivity index (χ4n) is 3.49. The van der Waals surface area contributed by atoms with Crippen LogP contribution >= 0.6 is 24.0 Å². The van der Waals surface area contributed by atoms with Crippen LogP contribution in [0.3, 0.4) is 0 Å². The molecule has 166 valence electrons. The second-order valence-corrected chi connectivity index (χ2v) is 7.92. The summed E-state index contributed by atoms with van der Waals surface area (Å²) in [5, 5.41) is 6.82. The topological polar surface area (TPSA) is 52.1 Å². The number of aryl methyl sites for hydroxylation is 1. The highest BCUT2D eigenvalue weighted by molar-refractivity contribution is 14.0. The van der Waals surface area contributed by atoms with Gasteiger partial charge in [0.15, 0.2) is 5.96 Å². The summed E-state index contributed by atoms with van der Waals surface area (Å²) < 4.78 is 5.98. The maximum absolute atomic E-state index is 5.98. The lowest BCUT2D eigenvalue weighted by atomic mass is 10.1. The molecule has 0 amide bonds. The summed E-state index contributed by atoms with van der Waals surface area (Å²) in [5.41, 5.74) is 1.21. The zero-order chi connectivity index (χ0) is 20.4. The van der Waals surface area contributed by atoms with Gasteiger partial charge < -0.3 is 25.2 Å². The molecule has 1 aliphatic rings. The molecule has 2 atom stereocenters. The number of piperazine rings is 1. The zero-order valence-corrected chi connectivity index (χ0v) is 21.1. The molecule has 1 aromatic rings. The van der Waals surface area contributed by atoms with Crippen molar-refractivity contribution in [2.45, 2.75) is 33.8 Å². The number of ether oxygens (including phenoxy) is 1. The lowest BCUT2D eigenvalue weighted by Gasteiger charge is -2.35. The van der Waals surface area contributed by atoms with E-state index in [1.807, 2.05) is 19.2 Å². The first-order valence-corrected chi connectivity index (χ1v) is 10.6. The third-order valence-electron chi connectivity index (χ3n) is 5.21. The van der Waals surface area contributed by atoms with E-state index in [-0.39, 0.29) is 30.1 Å². The molecule has 2 unspecified atom stereocenters. The Morgan fingerprint density at radius 2 is 1.76 bits per heavy atom. The largest absolute Gasteiger partial charge is 0.489 e. The molecular weight excluding hydrogens is 477 g/mol. The van der Waals surface area contributed by atoms with Crippen molar-refractivity contribution >= 4 is 29.9 Å². The molecule has 1 saturated heterocycles. The van der Waals surface area contributed by atoms with Crippen LogP contribution in [0.15, 0.2) is 29.3 Å². The van der Waals surface area contributed by atoms with Crippen LogP contribution in [0.5, 0.6) is 5.75 Å². The quantitative estimate of drug-likeness (QED) is 0.300. The molecular formula is C22H40IN5O. The second-order valence-electron chi connectivity index (χ2n) is 7.92. The zero-order valence-electron chi connectivity index (χ0n) is 18.8. The van der Waals surface area contributed by atoms with Gasteiger partial charge in [-0.05, 0) is 44.0 Å². The van der Waals surface area contributed by atoms with Crippen LogP contribution in [0.25, 0.3) is 0 Å². The normalized spacial score (nSPS) is 17.9. The van der Waals surface area contributed by atoms with Gasteiger partial charge in [0.2, 0.25) is 0 Å². The summed E-state index contributed by atoms with van der Waals surface area (Å²) >= 11 is 0. The van der Waals surface area contributed by atoms with Gasteiger partial charge >= 0.3 is 0 Å². The minimum atomic E-state index is 0. The van der Waals surface area contributed by atoms with E-state index in [9.17, 15) is 0 Å². The minimum Gasteiger partial charge on any atom is -0.489 e. The average molecular weight is 518 g/mol. The van der Waals surface area contributed by atoms with Gasteiger partial charge in [-0.15, -0.1) is 24.0 Å². The first kappa shape index (κ1) is 26.0. The summed E-state index contributed by atoms with van der Waals surface area (Å²) in [6, 6.07) is 8.16. The lowest BCUT2D eigenvalue weighted by molar-refractivity contribution is 0.124. The molecule has 0 aliphatic carbocycles. The third-order valence-corrected chi connectivity index (χ3v) is 5.21. The Bertz CT molecular complexity index is 605. The van der Waals surface area contributed by atoms with Crippen molar-refractivity contribution in [2.75, 3.05) is 59.4 Å². The van der Waals surface area contributed by atoms with Gasteiger partial charge in [-0.2, -0.15) is 0 Å². The highest BCUT2D eigenvalue weighted by atomic mass is 127. The monoisotopic (exact) mass is 517 g/mol. The number of nitrogens with one attached hydrogen (secondary N) is 2. The van der Waals surface area contributed by atoms with Gasteiger partial charge in [-0.1, -0.05) is 26.0 Å². The maximum atomic E-state index is 5.98. The van der Waals surface area contributed by atoms with E-state index in [2.05, 4.69) is 65.3 Å². The number of likely N-dealkylation sites (N-methyl/N-ethyl adjacent to an activating group) is 1. The van der Waals surface area contributed by atoms with E-state index in [1.165, 1.54) is 38.3 Å². The molecule has 0 bridgehead atoms. The molecule has 1 aromatic carbocycles. The maximum Gasteiger partial charge on any atom is 0.191 e. The van der Waals surface area contributed by atoms with Crippen LogP contribution in [-0.2, 0) is 0 Å². The number of hydrogen-bond donors (Lipinski definition) is 2. The van der Waals surface area contributed by atoms with Crippen molar-refractivity contribution in [3.05, 3.63) is 29.8 Å². The van der Waals surface area contributed by atoms with E-state index in [0.717, 1.165) is 24.8 Å². The first-order valence-electron chi connectivity index (χ1n) is 10.6. The smallest absolute Gasteiger partial charge is 0.191 e. The standard InChI is InChI=1S/C22H39N5O.HI/c1-6-26-10-12-27(13-11-26)17-19(3)15-24-22(23-5)25-16-20(4)28-21-9-7-8-18(2)14-21;/h7-9,14,19-20H,6,10-13,15-17H2,1-5H3,(H2,23,24,25);1H. The lowest BCUT2D eigenvalue weighted by Crippen LogP contribution is -2.49. The van der Waals surface area contributed by atoms with Crippen molar-refractivity contribution in [1.29, 1.82) is 0 Å². The Kier molecular flexibility index (Phi) is 12.6. The van der Waals surface area contributed by atoms with Gasteiger partial charge in [0.25, 0.3) is 0 Å². The summed E-state index contributed by atoms with van der Waals surface area (Å²) in [7, 11) is 1.82. The molecule has 29 heavy (non-hydrogen) atoms. The Labute approximate surface area is 194 Å². The van der Waals surface area contributed by atoms with Gasteiger partial charge in [-0.3, -0.25) is 4.99 Å². The van der Waals surface area contributed by atoms with Crippen molar-refractivity contribution in [2.24, 2.45) is 10.9 Å². The molecule has 1 fully saturated rings. The van der Waals surface area contributed by atoms with Gasteiger partial charge in [0.1, 0.15) is 11.9 Å². The Hall–Kier alpha value is -1.06. The van der Waals surface area contributed by atoms with Crippen LogP contribution in [0.2, 0.25) is 0 Å². The third kappa shape index (κ3) is 10.00. The fourth-order valence-corrected chi connectivity index (χ4v) is 3.49. The predicted molar refractivity (Wildman–Crippen MR) is 134 cm³/mol. The van der Waals surface area contributed by atoms with Crippen LogP contribution in [0.1, 0.15) is 26.3 Å². The number of hydrogen-bond acceptors (Lipinski definition) is 4. The van der Waals surface area contributed by atoms with Crippen molar-refractivity contribution in [3.8, 4) is 5.75 Å². The number of halogens is 1. The SMILES string of the molecule is CCN1CCN(CC(C)CNC(=NC)NCC(C)Oc2cccc(C)c2)CC1.I. The van der Waals surface area contributed by atoms with Crippen molar-refractivity contribution in [1.82, 2.24) is 20.4 Å². The summed E-state index contributed by atoms with van der Waals surface area (Å²) in [4.78, 5) is 9.43. The van der Waals surface area contributed by atoms with E-state index in [1.54, 1.807) is 0 Å². The van der Waals surface area contributed by atoms with Gasteiger partial charge in [-0.25, -0.2) is 0 Å².